The summed E-state index contributed by atoms with van der Waals surface area (Å²) in [6, 6.07) is 15.0. The van der Waals surface area contributed by atoms with E-state index < -0.39 is 24.1 Å². The third-order valence-corrected chi connectivity index (χ3v) is 11.6. The van der Waals surface area contributed by atoms with Gasteiger partial charge in [0.15, 0.2) is 0 Å². The number of likely N-dealkylation sites (tertiary alicyclic amines) is 1. The summed E-state index contributed by atoms with van der Waals surface area (Å²) in [6.45, 7) is 5.88. The first-order chi connectivity index (χ1) is 27.4. The van der Waals surface area contributed by atoms with E-state index in [1.165, 1.54) is 11.6 Å². The molecule has 4 aliphatic rings. The summed E-state index contributed by atoms with van der Waals surface area (Å²) >= 11 is 0. The number of halogens is 3. The number of fused-ring (bicyclic) bond motifs is 2. The lowest BCUT2D eigenvalue weighted by molar-refractivity contribution is -0.274. The molecule has 3 fully saturated rings. The molecule has 4 amide bonds. The molecular formula is C41H43F3N8O5. The Bertz CT molecular complexity index is 2220. The van der Waals surface area contributed by atoms with Crippen LogP contribution in [0.5, 0.6) is 5.75 Å². The fourth-order valence-electron chi connectivity index (χ4n) is 8.57. The maximum absolute atomic E-state index is 13.2. The summed E-state index contributed by atoms with van der Waals surface area (Å²) < 4.78 is 41.7. The van der Waals surface area contributed by atoms with E-state index in [1.54, 1.807) is 16.1 Å². The van der Waals surface area contributed by atoms with Crippen LogP contribution in [0.3, 0.4) is 0 Å². The molecule has 1 unspecified atom stereocenters. The summed E-state index contributed by atoms with van der Waals surface area (Å²) in [5.41, 5.74) is 11.7. The number of aryl methyl sites for hydroxylation is 1. The first kappa shape index (κ1) is 38.1. The van der Waals surface area contributed by atoms with E-state index in [-0.39, 0.29) is 41.3 Å². The van der Waals surface area contributed by atoms with Crippen molar-refractivity contribution in [1.29, 1.82) is 0 Å². The highest BCUT2D eigenvalue weighted by atomic mass is 19.4. The molecule has 13 nitrogen and oxygen atoms in total. The van der Waals surface area contributed by atoms with Crippen molar-refractivity contribution in [3.8, 4) is 5.75 Å². The molecule has 57 heavy (non-hydrogen) atoms. The molecular weight excluding hydrogens is 741 g/mol. The molecule has 8 rings (SSSR count). The smallest absolute Gasteiger partial charge is 0.406 e. The monoisotopic (exact) mass is 784 g/mol. The van der Waals surface area contributed by atoms with Gasteiger partial charge < -0.3 is 25.2 Å². The van der Waals surface area contributed by atoms with Gasteiger partial charge in [-0.2, -0.15) is 0 Å². The summed E-state index contributed by atoms with van der Waals surface area (Å²) in [7, 11) is 0. The normalized spacial score (nSPS) is 19.6. The first-order valence-corrected chi connectivity index (χ1v) is 19.3. The average Bonchev–Trinajstić information content (AvgIpc) is 3.51. The molecule has 4 aromatic rings. The Morgan fingerprint density at radius 1 is 0.912 bits per heavy atom. The van der Waals surface area contributed by atoms with Crippen molar-refractivity contribution in [3.63, 3.8) is 0 Å². The number of hydrogen-bond acceptors (Lipinski definition) is 10. The molecule has 4 aliphatic heterocycles. The number of nitrogens with zero attached hydrogens (tertiary/aromatic N) is 6. The van der Waals surface area contributed by atoms with Crippen molar-refractivity contribution >= 4 is 45.9 Å². The molecule has 0 aliphatic carbocycles. The Balaban J connectivity index is 0.812. The van der Waals surface area contributed by atoms with E-state index in [4.69, 9.17) is 5.73 Å². The molecule has 0 spiro atoms. The van der Waals surface area contributed by atoms with Crippen LogP contribution < -0.4 is 20.7 Å². The van der Waals surface area contributed by atoms with Crippen LogP contribution in [0.2, 0.25) is 0 Å². The zero-order valence-corrected chi connectivity index (χ0v) is 31.3. The van der Waals surface area contributed by atoms with Gasteiger partial charge in [-0.15, -0.1) is 13.2 Å². The number of hydrogen-bond donors (Lipinski definition) is 2. The molecule has 3 N–H and O–H groups in total. The van der Waals surface area contributed by atoms with Gasteiger partial charge >= 0.3 is 6.36 Å². The Morgan fingerprint density at radius 3 is 2.44 bits per heavy atom. The number of aromatic nitrogens is 2. The maximum atomic E-state index is 13.2. The van der Waals surface area contributed by atoms with Gasteiger partial charge in [0.2, 0.25) is 11.8 Å². The minimum absolute atomic E-state index is 0.0713. The van der Waals surface area contributed by atoms with Crippen LogP contribution in [-0.4, -0.2) is 107 Å². The summed E-state index contributed by atoms with van der Waals surface area (Å²) in [4.78, 5) is 67.6. The third kappa shape index (κ3) is 8.22. The number of nitrogen functional groups attached to an aromatic ring is 1. The largest absolute Gasteiger partial charge is 0.573 e. The molecule has 1 atom stereocenters. The molecule has 0 bridgehead atoms. The van der Waals surface area contributed by atoms with Crippen molar-refractivity contribution < 1.29 is 37.1 Å². The van der Waals surface area contributed by atoms with Crippen molar-refractivity contribution in [1.82, 2.24) is 30.0 Å². The van der Waals surface area contributed by atoms with E-state index in [0.29, 0.717) is 44.5 Å². The van der Waals surface area contributed by atoms with E-state index in [1.807, 2.05) is 12.1 Å². The molecule has 1 aromatic heterocycles. The van der Waals surface area contributed by atoms with Crippen molar-refractivity contribution in [2.24, 2.45) is 0 Å². The number of benzene rings is 3. The van der Waals surface area contributed by atoms with Crippen LogP contribution in [0.4, 0.5) is 24.5 Å². The number of anilines is 2. The van der Waals surface area contributed by atoms with Gasteiger partial charge in [-0.1, -0.05) is 12.1 Å². The lowest BCUT2D eigenvalue weighted by atomic mass is 9.90. The second-order valence-corrected chi connectivity index (χ2v) is 15.1. The van der Waals surface area contributed by atoms with Crippen LogP contribution >= 0.6 is 0 Å². The number of carbonyl (C=O) groups excluding carboxylic acids is 4. The summed E-state index contributed by atoms with van der Waals surface area (Å²) in [6.07, 6.45) is 0.539. The number of imide groups is 1. The standard InChI is InChI=1S/C41H43F3N8O5/c42-41(43,44)57-29-5-8-31(33(45)22-29)39(55)51-14-11-26(12-15-51)37-32-7-4-28(21-34(32)46-24-47-37)50-18-16-49(17-19-50)13-1-2-25-3-6-30-27(20-25)23-52(40(30)56)35-9-10-36(53)48-38(35)54/h3-8,20-22,24,26,35H,1-2,9-19,23,45H2,(H,48,53,54). The number of rotatable bonds is 9. The highest BCUT2D eigenvalue weighted by molar-refractivity contribution is 6.05. The molecule has 0 saturated carbocycles. The van der Waals surface area contributed by atoms with E-state index in [2.05, 4.69) is 54.1 Å². The summed E-state index contributed by atoms with van der Waals surface area (Å²) in [5.74, 6) is -1.54. The predicted octanol–water partition coefficient (Wildman–Crippen LogP) is 4.65. The van der Waals surface area contributed by atoms with E-state index >= 15 is 0 Å². The van der Waals surface area contributed by atoms with Crippen molar-refractivity contribution in [2.45, 2.75) is 63.4 Å². The minimum atomic E-state index is -4.85. The predicted molar refractivity (Wildman–Crippen MR) is 204 cm³/mol. The Morgan fingerprint density at radius 2 is 1.70 bits per heavy atom. The average molecular weight is 785 g/mol. The highest BCUT2D eigenvalue weighted by Gasteiger charge is 2.39. The second kappa shape index (κ2) is 15.6. The number of piperazine rings is 1. The lowest BCUT2D eigenvalue weighted by Crippen LogP contribution is -2.52. The molecule has 16 heteroatoms. The van der Waals surface area contributed by atoms with E-state index in [0.717, 1.165) is 85.5 Å². The number of alkyl halides is 3. The minimum Gasteiger partial charge on any atom is -0.406 e. The fraction of sp³-hybridized carbons (Fsp3) is 0.415. The van der Waals surface area contributed by atoms with Gasteiger partial charge in [0, 0.05) is 86.5 Å². The number of nitrogens with one attached hydrogen (secondary N) is 1. The number of nitrogens with two attached hydrogens (primary N) is 1. The maximum Gasteiger partial charge on any atom is 0.573 e. The SMILES string of the molecule is Nc1cc(OC(F)(F)F)ccc1C(=O)N1CCC(c2ncnc3cc(N4CCN(CCCc5ccc6c(c5)CN(C5CCC(=O)NC5=O)C6=O)CC4)ccc23)CC1. The van der Waals surface area contributed by atoms with Gasteiger partial charge in [-0.05, 0) is 86.2 Å². The molecule has 0 radical (unpaired) electrons. The number of piperidine rings is 2. The number of carbonyl (C=O) groups is 4. The van der Waals surface area contributed by atoms with E-state index in [9.17, 15) is 32.3 Å². The quantitative estimate of drug-likeness (QED) is 0.181. The Labute approximate surface area is 326 Å². The van der Waals surface area contributed by atoms with Crippen LogP contribution in [0.15, 0.2) is 60.9 Å². The Hall–Kier alpha value is -5.77. The van der Waals surface area contributed by atoms with Crippen LogP contribution in [-0.2, 0) is 22.6 Å². The lowest BCUT2D eigenvalue weighted by Gasteiger charge is -2.36. The third-order valence-electron chi connectivity index (χ3n) is 11.6. The zero-order valence-electron chi connectivity index (χ0n) is 31.3. The fourth-order valence-corrected chi connectivity index (χ4v) is 8.57. The van der Waals surface area contributed by atoms with Crippen molar-refractivity contribution in [2.75, 3.05) is 56.4 Å². The van der Waals surface area contributed by atoms with Crippen LogP contribution in [0.1, 0.15) is 75.6 Å². The summed E-state index contributed by atoms with van der Waals surface area (Å²) in [5, 5.41) is 3.33. The molecule has 298 valence electrons. The number of ether oxygens (including phenoxy) is 1. The molecule has 3 saturated heterocycles. The van der Waals surface area contributed by atoms with Gasteiger partial charge in [0.25, 0.3) is 11.8 Å². The number of amides is 4. The van der Waals surface area contributed by atoms with Crippen LogP contribution in [0, 0.1) is 0 Å². The van der Waals surface area contributed by atoms with Crippen LogP contribution in [0.25, 0.3) is 10.9 Å². The topological polar surface area (TPSA) is 154 Å². The Kier molecular flexibility index (Phi) is 10.5. The van der Waals surface area contributed by atoms with Gasteiger partial charge in [-0.3, -0.25) is 29.4 Å². The van der Waals surface area contributed by atoms with Crippen molar-refractivity contribution in [3.05, 3.63) is 88.9 Å². The second-order valence-electron chi connectivity index (χ2n) is 15.1. The van der Waals surface area contributed by atoms with Gasteiger partial charge in [0.05, 0.1) is 16.8 Å². The molecule has 3 aromatic carbocycles. The van der Waals surface area contributed by atoms with Gasteiger partial charge in [-0.25, -0.2) is 9.97 Å². The zero-order chi connectivity index (χ0) is 39.8. The molecule has 5 heterocycles. The highest BCUT2D eigenvalue weighted by Crippen LogP contribution is 2.34. The van der Waals surface area contributed by atoms with Gasteiger partial charge in [0.1, 0.15) is 18.1 Å². The first-order valence-electron chi connectivity index (χ1n) is 19.3.